The van der Waals surface area contributed by atoms with E-state index in [0.717, 1.165) is 12.1 Å². The lowest BCUT2D eigenvalue weighted by Crippen LogP contribution is -2.32. The molecule has 1 aliphatic rings. The number of hydrogen-bond donors (Lipinski definition) is 2. The molecule has 0 atom stereocenters. The number of carbonyl (C=O) groups excluding carboxylic acids is 2. The highest BCUT2D eigenvalue weighted by molar-refractivity contribution is 5.94. The van der Waals surface area contributed by atoms with E-state index in [1.807, 2.05) is 0 Å². The first-order valence-electron chi connectivity index (χ1n) is 9.17. The molecule has 0 bridgehead atoms. The molecule has 1 saturated carbocycles. The fraction of sp³-hybridized carbons (Fsp3) is 0.333. The van der Waals surface area contributed by atoms with Crippen LogP contribution in [0.15, 0.2) is 42.5 Å². The maximum absolute atomic E-state index is 13.3. The molecule has 3 rings (SSSR count). The van der Waals surface area contributed by atoms with Crippen LogP contribution in [0.1, 0.15) is 25.7 Å². The number of benzene rings is 2. The molecule has 0 radical (unpaired) electrons. The minimum Gasteiger partial charge on any atom is -0.497 e. The molecule has 2 aromatic carbocycles. The Kier molecular flexibility index (Phi) is 6.23. The average Bonchev–Trinajstić information content (AvgIpc) is 2.71. The number of amides is 2. The van der Waals surface area contributed by atoms with Crippen molar-refractivity contribution in [3.05, 3.63) is 54.1 Å². The number of anilines is 2. The Morgan fingerprint density at radius 1 is 0.857 bits per heavy atom. The van der Waals surface area contributed by atoms with Gasteiger partial charge in [0.25, 0.3) is 0 Å². The number of halogens is 2. The number of ether oxygens (including phenoxy) is 1. The molecular weight excluding hydrogens is 366 g/mol. The number of methoxy groups -OCH3 is 1. The molecule has 7 heteroatoms. The summed E-state index contributed by atoms with van der Waals surface area (Å²) in [5.41, 5.74) is 0.893. The van der Waals surface area contributed by atoms with E-state index in [9.17, 15) is 18.4 Å². The van der Waals surface area contributed by atoms with E-state index in [1.54, 1.807) is 31.4 Å². The quantitative estimate of drug-likeness (QED) is 0.800. The van der Waals surface area contributed by atoms with Gasteiger partial charge in [-0.25, -0.2) is 8.78 Å². The Labute approximate surface area is 162 Å². The van der Waals surface area contributed by atoms with Crippen LogP contribution in [0, 0.1) is 23.5 Å². The summed E-state index contributed by atoms with van der Waals surface area (Å²) in [7, 11) is 1.56. The van der Waals surface area contributed by atoms with Crippen molar-refractivity contribution in [1.82, 2.24) is 0 Å². The van der Waals surface area contributed by atoms with E-state index < -0.39 is 11.6 Å². The molecule has 28 heavy (non-hydrogen) atoms. The van der Waals surface area contributed by atoms with E-state index >= 15 is 0 Å². The van der Waals surface area contributed by atoms with Crippen molar-refractivity contribution in [2.45, 2.75) is 25.7 Å². The smallest absolute Gasteiger partial charge is 0.227 e. The summed E-state index contributed by atoms with van der Waals surface area (Å²) in [5.74, 6) is -2.04. The van der Waals surface area contributed by atoms with Gasteiger partial charge >= 0.3 is 0 Å². The van der Waals surface area contributed by atoms with Crippen LogP contribution >= 0.6 is 0 Å². The van der Waals surface area contributed by atoms with Crippen molar-refractivity contribution < 1.29 is 23.1 Å². The predicted molar refractivity (Wildman–Crippen MR) is 102 cm³/mol. The lowest BCUT2D eigenvalue weighted by atomic mass is 9.81. The van der Waals surface area contributed by atoms with Crippen LogP contribution in [0.25, 0.3) is 0 Å². The normalized spacial score (nSPS) is 19.0. The molecule has 2 amide bonds. The second-order valence-corrected chi connectivity index (χ2v) is 6.89. The zero-order valence-electron chi connectivity index (χ0n) is 15.5. The highest BCUT2D eigenvalue weighted by atomic mass is 19.2. The lowest BCUT2D eigenvalue weighted by Gasteiger charge is -2.27. The number of nitrogens with one attached hydrogen (secondary N) is 2. The first-order chi connectivity index (χ1) is 13.5. The van der Waals surface area contributed by atoms with Gasteiger partial charge in [-0.3, -0.25) is 9.59 Å². The standard InChI is InChI=1S/C21H22F2N2O3/c1-28-17-4-2-3-15(11-17)24-20(26)13-5-7-14(8-6-13)21(27)25-16-9-10-18(22)19(23)12-16/h2-4,9-14H,5-8H2,1H3,(H,24,26)(H,25,27). The van der Waals surface area contributed by atoms with E-state index in [4.69, 9.17) is 4.74 Å². The van der Waals surface area contributed by atoms with Gasteiger partial charge in [-0.05, 0) is 49.9 Å². The van der Waals surface area contributed by atoms with Gasteiger partial charge in [0.05, 0.1) is 7.11 Å². The van der Waals surface area contributed by atoms with Crippen LogP contribution in [0.4, 0.5) is 20.2 Å². The van der Waals surface area contributed by atoms with Gasteiger partial charge < -0.3 is 15.4 Å². The fourth-order valence-corrected chi connectivity index (χ4v) is 3.38. The van der Waals surface area contributed by atoms with Crippen LogP contribution in [-0.2, 0) is 9.59 Å². The molecule has 0 unspecified atom stereocenters. The molecule has 2 N–H and O–H groups in total. The summed E-state index contributed by atoms with van der Waals surface area (Å²) in [6, 6.07) is 10.4. The van der Waals surface area contributed by atoms with Crippen LogP contribution in [0.5, 0.6) is 5.75 Å². The Morgan fingerprint density at radius 3 is 1.96 bits per heavy atom. The Morgan fingerprint density at radius 2 is 1.43 bits per heavy atom. The Hall–Kier alpha value is -2.96. The van der Waals surface area contributed by atoms with Gasteiger partial charge in [-0.1, -0.05) is 6.07 Å². The molecule has 0 spiro atoms. The molecule has 2 aromatic rings. The molecular formula is C21H22F2N2O3. The third-order valence-corrected chi connectivity index (χ3v) is 4.99. The summed E-state index contributed by atoms with van der Waals surface area (Å²) in [6.45, 7) is 0. The van der Waals surface area contributed by atoms with E-state index in [2.05, 4.69) is 10.6 Å². The summed E-state index contributed by atoms with van der Waals surface area (Å²) < 4.78 is 31.4. The van der Waals surface area contributed by atoms with Gasteiger partial charge in [0.1, 0.15) is 5.75 Å². The third kappa shape index (κ3) is 4.85. The largest absolute Gasteiger partial charge is 0.497 e. The van der Waals surface area contributed by atoms with E-state index in [-0.39, 0.29) is 29.3 Å². The van der Waals surface area contributed by atoms with Crippen molar-refractivity contribution in [3.8, 4) is 5.75 Å². The van der Waals surface area contributed by atoms with Crippen LogP contribution in [0.2, 0.25) is 0 Å². The van der Waals surface area contributed by atoms with Crippen LogP contribution in [0.3, 0.4) is 0 Å². The van der Waals surface area contributed by atoms with Crippen LogP contribution < -0.4 is 15.4 Å². The SMILES string of the molecule is COc1cccc(NC(=O)C2CCC(C(=O)Nc3ccc(F)c(F)c3)CC2)c1. The van der Waals surface area contributed by atoms with E-state index in [0.29, 0.717) is 37.1 Å². The van der Waals surface area contributed by atoms with Gasteiger partial charge in [0.15, 0.2) is 11.6 Å². The van der Waals surface area contributed by atoms with Gasteiger partial charge in [0.2, 0.25) is 11.8 Å². The Balaban J connectivity index is 1.51. The Bertz CT molecular complexity index is 864. The number of carbonyl (C=O) groups is 2. The zero-order chi connectivity index (χ0) is 20.1. The first-order valence-corrected chi connectivity index (χ1v) is 9.17. The monoisotopic (exact) mass is 388 g/mol. The summed E-state index contributed by atoms with van der Waals surface area (Å²) in [4.78, 5) is 24.8. The molecule has 0 heterocycles. The third-order valence-electron chi connectivity index (χ3n) is 4.99. The minimum absolute atomic E-state index is 0.0762. The number of rotatable bonds is 5. The predicted octanol–water partition coefficient (Wildman–Crippen LogP) is 4.36. The van der Waals surface area contributed by atoms with Crippen molar-refractivity contribution >= 4 is 23.2 Å². The zero-order valence-corrected chi connectivity index (χ0v) is 15.5. The summed E-state index contributed by atoms with van der Waals surface area (Å²) in [6.07, 6.45) is 2.30. The maximum Gasteiger partial charge on any atom is 0.227 e. The molecule has 5 nitrogen and oxygen atoms in total. The molecule has 0 saturated heterocycles. The second kappa shape index (κ2) is 8.82. The minimum atomic E-state index is -1.00. The molecule has 1 fully saturated rings. The average molecular weight is 388 g/mol. The van der Waals surface area contributed by atoms with Crippen molar-refractivity contribution in [2.75, 3.05) is 17.7 Å². The topological polar surface area (TPSA) is 67.4 Å². The molecule has 148 valence electrons. The highest BCUT2D eigenvalue weighted by Gasteiger charge is 2.30. The molecule has 0 aromatic heterocycles. The summed E-state index contributed by atoms with van der Waals surface area (Å²) in [5, 5.41) is 5.50. The van der Waals surface area contributed by atoms with Gasteiger partial charge in [0, 0.05) is 35.3 Å². The van der Waals surface area contributed by atoms with Crippen molar-refractivity contribution in [1.29, 1.82) is 0 Å². The molecule has 1 aliphatic carbocycles. The number of hydrogen-bond acceptors (Lipinski definition) is 3. The maximum atomic E-state index is 13.3. The first kappa shape index (κ1) is 19.8. The van der Waals surface area contributed by atoms with Crippen molar-refractivity contribution in [3.63, 3.8) is 0 Å². The van der Waals surface area contributed by atoms with Crippen molar-refractivity contribution in [2.24, 2.45) is 11.8 Å². The lowest BCUT2D eigenvalue weighted by molar-refractivity contribution is -0.125. The van der Waals surface area contributed by atoms with Gasteiger partial charge in [-0.15, -0.1) is 0 Å². The second-order valence-electron chi connectivity index (χ2n) is 6.89. The summed E-state index contributed by atoms with van der Waals surface area (Å²) >= 11 is 0. The van der Waals surface area contributed by atoms with E-state index in [1.165, 1.54) is 6.07 Å². The highest BCUT2D eigenvalue weighted by Crippen LogP contribution is 2.31. The molecule has 0 aliphatic heterocycles. The fourth-order valence-electron chi connectivity index (χ4n) is 3.38. The van der Waals surface area contributed by atoms with Crippen LogP contribution in [-0.4, -0.2) is 18.9 Å². The van der Waals surface area contributed by atoms with Gasteiger partial charge in [-0.2, -0.15) is 0 Å².